The third-order valence-electron chi connectivity index (χ3n) is 5.87. The number of ether oxygens (including phenoxy) is 1. The summed E-state index contributed by atoms with van der Waals surface area (Å²) in [6.45, 7) is 13.0. The van der Waals surface area contributed by atoms with Gasteiger partial charge in [-0.15, -0.1) is 11.6 Å². The summed E-state index contributed by atoms with van der Waals surface area (Å²) < 4.78 is 7.01. The Labute approximate surface area is 272 Å². The van der Waals surface area contributed by atoms with Crippen molar-refractivity contribution in [3.8, 4) is 11.5 Å². The predicted octanol–water partition coefficient (Wildman–Crippen LogP) is 7.52. The first kappa shape index (κ1) is 35.7. The number of carbonyl (C=O) groups is 1. The summed E-state index contributed by atoms with van der Waals surface area (Å²) in [5.41, 5.74) is 10.3. The summed E-state index contributed by atoms with van der Waals surface area (Å²) in [5, 5.41) is 9.16. The first-order valence-corrected chi connectivity index (χ1v) is 13.2. The van der Waals surface area contributed by atoms with Crippen molar-refractivity contribution < 1.29 is 52.2 Å². The van der Waals surface area contributed by atoms with Gasteiger partial charge in [-0.1, -0.05) is 30.5 Å². The summed E-state index contributed by atoms with van der Waals surface area (Å²) in [6.07, 6.45) is 12.4. The van der Waals surface area contributed by atoms with E-state index in [0.29, 0.717) is 29.1 Å². The number of hydrogen-bond donors (Lipinski definition) is 1. The molecule has 0 bridgehead atoms. The summed E-state index contributed by atoms with van der Waals surface area (Å²) in [4.78, 5) is 22.2. The number of nitrogens with zero attached hydrogens (tertiary/aromatic N) is 4. The second-order valence-corrected chi connectivity index (χ2v) is 8.59. The number of aromatic nitrogens is 2. The molecule has 0 unspecified atom stereocenters. The maximum Gasteiger partial charge on any atom is 0.170 e. The average Bonchev–Trinajstić information content (AvgIpc) is 3.56. The minimum Gasteiger partial charge on any atom is -0.557 e. The number of likely N-dealkylation sites (N-methyl/N-ethyl adjacent to an activating group) is 1. The van der Waals surface area contributed by atoms with Gasteiger partial charge in [0.2, 0.25) is 0 Å². The molecule has 0 spiro atoms. The Balaban J connectivity index is 0.000000380. The van der Waals surface area contributed by atoms with Crippen LogP contribution in [0, 0.1) is 0 Å². The zero-order valence-electron chi connectivity index (χ0n) is 24.2. The zero-order chi connectivity index (χ0) is 29.7. The molecule has 1 aliphatic rings. The van der Waals surface area contributed by atoms with Crippen LogP contribution in [0.1, 0.15) is 30.8 Å². The zero-order valence-corrected chi connectivity index (χ0v) is 27.8. The van der Waals surface area contributed by atoms with Gasteiger partial charge in [-0.2, -0.15) is 0 Å². The van der Waals surface area contributed by atoms with Crippen LogP contribution in [0.15, 0.2) is 108 Å². The third kappa shape index (κ3) is 10.2. The fourth-order valence-electron chi connectivity index (χ4n) is 3.90. The quantitative estimate of drug-likeness (QED) is 0.0846. The average molecular weight is 653 g/mol. The van der Waals surface area contributed by atoms with Crippen LogP contribution in [-0.4, -0.2) is 52.8 Å². The van der Waals surface area contributed by atoms with Crippen LogP contribution in [0.25, 0.3) is 11.1 Å². The van der Waals surface area contributed by atoms with Crippen LogP contribution in [0.4, 0.5) is 5.69 Å². The normalized spacial score (nSPS) is 12.8. The van der Waals surface area contributed by atoms with Crippen molar-refractivity contribution in [3.63, 3.8) is 0 Å². The maximum absolute atomic E-state index is 10.7. The van der Waals surface area contributed by atoms with E-state index in [9.17, 15) is 4.79 Å². The first-order valence-electron chi connectivity index (χ1n) is 12.4. The molecule has 3 aromatic rings. The number of phenols is 1. The minimum absolute atomic E-state index is 0. The van der Waals surface area contributed by atoms with Crippen LogP contribution in [0.2, 0.25) is 0 Å². The molecule has 215 valence electrons. The number of imidazole rings is 1. The Morgan fingerprint density at radius 2 is 1.85 bits per heavy atom. The number of hydrogen-bond acceptors (Lipinski definition) is 6. The van der Waals surface area contributed by atoms with Crippen molar-refractivity contribution in [2.24, 2.45) is 0 Å². The van der Waals surface area contributed by atoms with Gasteiger partial charge in [-0.05, 0) is 86.2 Å². The predicted molar refractivity (Wildman–Crippen MR) is 162 cm³/mol. The summed E-state index contributed by atoms with van der Waals surface area (Å²) >= 11 is 4.64. The third-order valence-corrected chi connectivity index (χ3v) is 5.87. The standard InChI is InChI=1S/C16H23NO.C14H10N3O3.CH3Cl.Y/c1-7-13(18-6)11-15(12(3)4)14-9-10-17(5)16(14)8-2;18-9-11-8-17-7-10(1-6-14(17)15-11)16-20-13-4-2-12(19)3-5-13;1-2;/h7-8,11H,2-3,9-10H2,1,4-6H3;1-9,19H;1H3;/q;-1;;/b13-7+,15-11+;;;. The van der Waals surface area contributed by atoms with E-state index in [2.05, 4.69) is 53.2 Å². The fraction of sp³-hybridized carbons (Fsp3) is 0.226. The molecule has 4 rings (SSSR count). The van der Waals surface area contributed by atoms with Gasteiger partial charge in [0.15, 0.2) is 6.29 Å². The van der Waals surface area contributed by atoms with Gasteiger partial charge in [-0.3, -0.25) is 4.79 Å². The Morgan fingerprint density at radius 3 is 2.41 bits per heavy atom. The second-order valence-electron chi connectivity index (χ2n) is 8.59. The molecule has 1 aromatic carbocycles. The molecular formula is C31H36ClN4O4Y-. The number of aldehydes is 1. The molecule has 8 nitrogen and oxygen atoms in total. The van der Waals surface area contributed by atoms with Crippen molar-refractivity contribution in [2.45, 2.75) is 20.3 Å². The number of carbonyl (C=O) groups excluding carboxylic acids is 1. The number of phenolic OH excluding ortho intramolecular Hbond substituents is 1. The smallest absolute Gasteiger partial charge is 0.170 e. The molecule has 0 amide bonds. The maximum atomic E-state index is 10.7. The van der Waals surface area contributed by atoms with E-state index in [-0.39, 0.29) is 38.5 Å². The Kier molecular flexibility index (Phi) is 15.8. The molecular weight excluding hydrogens is 617 g/mol. The van der Waals surface area contributed by atoms with E-state index in [4.69, 9.17) is 14.7 Å². The number of allylic oxidation sites excluding steroid dienone is 5. The topological polar surface area (TPSA) is 90.4 Å². The number of fused-ring (bicyclic) bond motifs is 1. The van der Waals surface area contributed by atoms with Crippen molar-refractivity contribution in [2.75, 3.05) is 27.1 Å². The van der Waals surface area contributed by atoms with Crippen LogP contribution >= 0.6 is 11.6 Å². The second kappa shape index (κ2) is 18.2. The Morgan fingerprint density at radius 1 is 1.17 bits per heavy atom. The van der Waals surface area contributed by atoms with E-state index in [1.165, 1.54) is 29.8 Å². The molecule has 0 aliphatic carbocycles. The van der Waals surface area contributed by atoms with E-state index in [0.717, 1.165) is 29.9 Å². The molecule has 41 heavy (non-hydrogen) atoms. The van der Waals surface area contributed by atoms with Crippen LogP contribution in [0.5, 0.6) is 11.5 Å². The van der Waals surface area contributed by atoms with E-state index < -0.39 is 0 Å². The van der Waals surface area contributed by atoms with Crippen molar-refractivity contribution in [3.05, 3.63) is 120 Å². The molecule has 3 heterocycles. The molecule has 1 radical (unpaired) electrons. The number of alkyl halides is 1. The summed E-state index contributed by atoms with van der Waals surface area (Å²) in [5.74, 6) is 1.54. The number of rotatable bonds is 9. The van der Waals surface area contributed by atoms with E-state index in [1.54, 1.807) is 48.2 Å². The Bertz CT molecular complexity index is 1410. The fourth-order valence-corrected chi connectivity index (χ4v) is 3.90. The molecule has 2 aromatic heterocycles. The minimum atomic E-state index is 0. The summed E-state index contributed by atoms with van der Waals surface area (Å²) in [7, 11) is 3.78. The number of methoxy groups -OCH3 is 1. The summed E-state index contributed by atoms with van der Waals surface area (Å²) in [6, 6.07) is 9.72. The van der Waals surface area contributed by atoms with Gasteiger partial charge >= 0.3 is 0 Å². The SMILES string of the molecule is C=CC1=C(/C(=C/C(=C\C)OC)C(=C)C)CCN1C.CCl.O=Cc1cn2cc([N-]Oc3ccc(O)cc3)ccc2n1.[Y]. The van der Waals surface area contributed by atoms with E-state index >= 15 is 0 Å². The molecule has 1 aliphatic heterocycles. The molecule has 1 N–H and O–H groups in total. The number of pyridine rings is 1. The molecule has 0 atom stereocenters. The monoisotopic (exact) mass is 652 g/mol. The number of aromatic hydroxyl groups is 1. The van der Waals surface area contributed by atoms with Gasteiger partial charge in [0.25, 0.3) is 0 Å². The van der Waals surface area contributed by atoms with E-state index in [1.807, 2.05) is 26.0 Å². The van der Waals surface area contributed by atoms with Gasteiger partial charge < -0.3 is 29.5 Å². The van der Waals surface area contributed by atoms with Crippen molar-refractivity contribution in [1.82, 2.24) is 14.3 Å². The van der Waals surface area contributed by atoms with Gasteiger partial charge in [-0.25, -0.2) is 4.98 Å². The van der Waals surface area contributed by atoms with Gasteiger partial charge in [0, 0.05) is 64.6 Å². The Hall–Kier alpha value is -3.33. The van der Waals surface area contributed by atoms with Crippen LogP contribution in [0.3, 0.4) is 0 Å². The van der Waals surface area contributed by atoms with Crippen LogP contribution < -0.4 is 4.84 Å². The van der Waals surface area contributed by atoms with Crippen molar-refractivity contribution >= 4 is 29.2 Å². The van der Waals surface area contributed by atoms with Gasteiger partial charge in [0.05, 0.1) is 7.11 Å². The van der Waals surface area contributed by atoms with Gasteiger partial charge in [0.1, 0.15) is 28.6 Å². The molecule has 0 saturated carbocycles. The largest absolute Gasteiger partial charge is 0.557 e. The van der Waals surface area contributed by atoms with Crippen molar-refractivity contribution in [1.29, 1.82) is 0 Å². The number of halogens is 1. The van der Waals surface area contributed by atoms with Crippen LogP contribution in [-0.2, 0) is 37.4 Å². The molecule has 10 heteroatoms. The molecule has 0 saturated heterocycles. The first-order chi connectivity index (χ1) is 19.3. The number of benzene rings is 1. The molecule has 0 fully saturated rings.